The lowest BCUT2D eigenvalue weighted by molar-refractivity contribution is 0.102. The van der Waals surface area contributed by atoms with E-state index in [1.807, 2.05) is 43.3 Å². The van der Waals surface area contributed by atoms with Crippen molar-refractivity contribution in [2.24, 2.45) is 0 Å². The molecule has 0 saturated carbocycles. The van der Waals surface area contributed by atoms with E-state index in [-0.39, 0.29) is 11.6 Å². The van der Waals surface area contributed by atoms with Gasteiger partial charge in [-0.2, -0.15) is 5.10 Å². The number of carbonyl (C=O) groups is 1. The minimum absolute atomic E-state index is 0.225. The van der Waals surface area contributed by atoms with Gasteiger partial charge in [0.1, 0.15) is 0 Å². The highest BCUT2D eigenvalue weighted by Crippen LogP contribution is 2.18. The van der Waals surface area contributed by atoms with Gasteiger partial charge in [0.25, 0.3) is 5.91 Å². The zero-order valence-electron chi connectivity index (χ0n) is 12.8. The van der Waals surface area contributed by atoms with Crippen molar-refractivity contribution in [3.63, 3.8) is 0 Å². The second-order valence-electron chi connectivity index (χ2n) is 5.28. The molecule has 0 bridgehead atoms. The van der Waals surface area contributed by atoms with Crippen LogP contribution in [0.25, 0.3) is 16.7 Å². The molecule has 2 N–H and O–H groups in total. The van der Waals surface area contributed by atoms with Gasteiger partial charge in [0.2, 0.25) is 0 Å². The standard InChI is InChI=1S/C16H13N7O/c1-10-13-7-11(8-17-15(13)21-19-10)18-16(24)14-9-23(22-20-14)12-5-3-2-4-6-12/h2-9H,1H3,(H,18,24)(H,17,19,21). The molecule has 0 aliphatic heterocycles. The number of nitrogens with one attached hydrogen (secondary N) is 2. The van der Waals surface area contributed by atoms with Crippen molar-refractivity contribution in [3.05, 3.63) is 60.2 Å². The topological polar surface area (TPSA) is 101 Å². The van der Waals surface area contributed by atoms with E-state index in [2.05, 4.69) is 30.8 Å². The van der Waals surface area contributed by atoms with E-state index in [9.17, 15) is 4.79 Å². The number of pyridine rings is 1. The van der Waals surface area contributed by atoms with Gasteiger partial charge >= 0.3 is 0 Å². The molecule has 0 spiro atoms. The van der Waals surface area contributed by atoms with Gasteiger partial charge in [-0.25, -0.2) is 9.67 Å². The van der Waals surface area contributed by atoms with Crippen LogP contribution in [0.2, 0.25) is 0 Å². The number of benzene rings is 1. The van der Waals surface area contributed by atoms with Crippen LogP contribution in [-0.4, -0.2) is 36.1 Å². The van der Waals surface area contributed by atoms with E-state index >= 15 is 0 Å². The smallest absolute Gasteiger partial charge is 0.277 e. The average Bonchev–Trinajstić information content (AvgIpc) is 3.24. The molecule has 0 aliphatic carbocycles. The van der Waals surface area contributed by atoms with Gasteiger partial charge in [-0.15, -0.1) is 5.10 Å². The van der Waals surface area contributed by atoms with Crippen molar-refractivity contribution < 1.29 is 4.79 Å². The molecule has 3 aromatic heterocycles. The van der Waals surface area contributed by atoms with Crippen LogP contribution in [0.5, 0.6) is 0 Å². The number of H-pyrrole nitrogens is 1. The summed E-state index contributed by atoms with van der Waals surface area (Å²) in [5.41, 5.74) is 3.14. The third-order valence-corrected chi connectivity index (χ3v) is 3.60. The number of nitrogens with zero attached hydrogens (tertiary/aromatic N) is 5. The van der Waals surface area contributed by atoms with Crippen molar-refractivity contribution in [2.45, 2.75) is 6.92 Å². The molecule has 8 heteroatoms. The van der Waals surface area contributed by atoms with Crippen LogP contribution in [0, 0.1) is 6.92 Å². The first kappa shape index (κ1) is 14.1. The van der Waals surface area contributed by atoms with E-state index < -0.39 is 0 Å². The Balaban J connectivity index is 1.57. The van der Waals surface area contributed by atoms with Crippen LogP contribution < -0.4 is 5.32 Å². The Kier molecular flexibility index (Phi) is 3.27. The first-order valence-electron chi connectivity index (χ1n) is 7.30. The zero-order valence-corrected chi connectivity index (χ0v) is 12.8. The summed E-state index contributed by atoms with van der Waals surface area (Å²) in [6.45, 7) is 1.90. The van der Waals surface area contributed by atoms with Gasteiger partial charge < -0.3 is 5.32 Å². The van der Waals surface area contributed by atoms with Crippen molar-refractivity contribution in [2.75, 3.05) is 5.32 Å². The summed E-state index contributed by atoms with van der Waals surface area (Å²) in [6, 6.07) is 11.3. The number of para-hydroxylation sites is 1. The minimum atomic E-state index is -0.348. The molecule has 1 amide bonds. The molecular weight excluding hydrogens is 306 g/mol. The van der Waals surface area contributed by atoms with Gasteiger partial charge in [-0.1, -0.05) is 23.4 Å². The molecule has 0 fully saturated rings. The fourth-order valence-electron chi connectivity index (χ4n) is 2.36. The predicted octanol–water partition coefficient (Wildman–Crippen LogP) is 2.10. The number of anilines is 1. The number of fused-ring (bicyclic) bond motifs is 1. The van der Waals surface area contributed by atoms with Gasteiger partial charge in [-0.05, 0) is 25.1 Å². The van der Waals surface area contributed by atoms with Crippen LogP contribution in [0.15, 0.2) is 48.8 Å². The predicted molar refractivity (Wildman–Crippen MR) is 87.9 cm³/mol. The number of aromatic nitrogens is 6. The molecule has 0 aliphatic rings. The summed E-state index contributed by atoms with van der Waals surface area (Å²) >= 11 is 0. The number of rotatable bonds is 3. The van der Waals surface area contributed by atoms with Gasteiger partial charge in [0.05, 0.1) is 23.8 Å². The zero-order chi connectivity index (χ0) is 16.5. The summed E-state index contributed by atoms with van der Waals surface area (Å²) in [5.74, 6) is -0.348. The maximum Gasteiger partial charge on any atom is 0.277 e. The van der Waals surface area contributed by atoms with Crippen LogP contribution in [0.1, 0.15) is 16.2 Å². The fraction of sp³-hybridized carbons (Fsp3) is 0.0625. The number of hydrogen-bond donors (Lipinski definition) is 2. The molecule has 1 aromatic carbocycles. The number of aromatic amines is 1. The second-order valence-corrected chi connectivity index (χ2v) is 5.28. The maximum absolute atomic E-state index is 12.3. The lowest BCUT2D eigenvalue weighted by Gasteiger charge is -2.02. The monoisotopic (exact) mass is 319 g/mol. The Morgan fingerprint density at radius 1 is 1.25 bits per heavy atom. The lowest BCUT2D eigenvalue weighted by Crippen LogP contribution is -2.12. The van der Waals surface area contributed by atoms with E-state index in [1.54, 1.807) is 17.1 Å². The second kappa shape index (κ2) is 5.58. The van der Waals surface area contributed by atoms with Crippen molar-refractivity contribution in [3.8, 4) is 5.69 Å². The molecule has 0 radical (unpaired) electrons. The molecule has 4 rings (SSSR count). The molecule has 118 valence electrons. The van der Waals surface area contributed by atoms with E-state index in [1.165, 1.54) is 0 Å². The highest BCUT2D eigenvalue weighted by Gasteiger charge is 2.13. The Morgan fingerprint density at radius 3 is 2.92 bits per heavy atom. The average molecular weight is 319 g/mol. The van der Waals surface area contributed by atoms with E-state index in [0.717, 1.165) is 16.8 Å². The van der Waals surface area contributed by atoms with Gasteiger partial charge in [0, 0.05) is 11.1 Å². The van der Waals surface area contributed by atoms with Crippen molar-refractivity contribution in [1.82, 2.24) is 30.2 Å². The molecule has 8 nitrogen and oxygen atoms in total. The Morgan fingerprint density at radius 2 is 2.08 bits per heavy atom. The van der Waals surface area contributed by atoms with Crippen LogP contribution in [0.4, 0.5) is 5.69 Å². The minimum Gasteiger partial charge on any atom is -0.319 e. The molecule has 3 heterocycles. The lowest BCUT2D eigenvalue weighted by atomic mass is 10.2. The van der Waals surface area contributed by atoms with Crippen molar-refractivity contribution >= 4 is 22.6 Å². The summed E-state index contributed by atoms with van der Waals surface area (Å²) in [6.07, 6.45) is 3.14. The third kappa shape index (κ3) is 2.50. The maximum atomic E-state index is 12.3. The Bertz CT molecular complexity index is 1020. The molecule has 0 unspecified atom stereocenters. The normalized spacial score (nSPS) is 10.9. The van der Waals surface area contributed by atoms with E-state index in [4.69, 9.17) is 0 Å². The molecule has 4 aromatic rings. The summed E-state index contributed by atoms with van der Waals surface area (Å²) in [7, 11) is 0. The number of hydrogen-bond acceptors (Lipinski definition) is 5. The summed E-state index contributed by atoms with van der Waals surface area (Å²) < 4.78 is 1.55. The Labute approximate surface area is 136 Å². The SMILES string of the molecule is Cc1[nH]nc2ncc(NC(=O)c3cn(-c4ccccc4)nn3)cc12. The summed E-state index contributed by atoms with van der Waals surface area (Å²) in [5, 5.41) is 18.5. The van der Waals surface area contributed by atoms with Gasteiger partial charge in [0.15, 0.2) is 11.3 Å². The molecule has 0 atom stereocenters. The van der Waals surface area contributed by atoms with Crippen LogP contribution >= 0.6 is 0 Å². The molecule has 0 saturated heterocycles. The first-order chi connectivity index (χ1) is 11.7. The number of amides is 1. The van der Waals surface area contributed by atoms with Crippen LogP contribution in [0.3, 0.4) is 0 Å². The van der Waals surface area contributed by atoms with Crippen LogP contribution in [-0.2, 0) is 0 Å². The molecular formula is C16H13N7O. The highest BCUT2D eigenvalue weighted by molar-refractivity contribution is 6.03. The number of aryl methyl sites for hydroxylation is 1. The molecule has 24 heavy (non-hydrogen) atoms. The van der Waals surface area contributed by atoms with E-state index in [0.29, 0.717) is 11.3 Å². The van der Waals surface area contributed by atoms with Crippen molar-refractivity contribution in [1.29, 1.82) is 0 Å². The third-order valence-electron chi connectivity index (χ3n) is 3.60. The highest BCUT2D eigenvalue weighted by atomic mass is 16.2. The largest absolute Gasteiger partial charge is 0.319 e. The Hall–Kier alpha value is -3.55. The first-order valence-corrected chi connectivity index (χ1v) is 7.30. The summed E-state index contributed by atoms with van der Waals surface area (Å²) in [4.78, 5) is 16.5. The quantitative estimate of drug-likeness (QED) is 0.602. The van der Waals surface area contributed by atoms with Gasteiger partial charge in [-0.3, -0.25) is 9.89 Å². The number of carbonyl (C=O) groups excluding carboxylic acids is 1. The fourth-order valence-corrected chi connectivity index (χ4v) is 2.36.